The van der Waals surface area contributed by atoms with Crippen molar-refractivity contribution >= 4 is 0 Å². The average Bonchev–Trinajstić information content (AvgIpc) is 3.21. The molecule has 0 radical (unpaired) electrons. The number of halogens is 3. The monoisotopic (exact) mass is 365 g/mol. The lowest BCUT2D eigenvalue weighted by Gasteiger charge is -2.07. The molecule has 3 aromatic rings. The Balaban J connectivity index is 1.74. The fraction of sp³-hybridized carbons (Fsp3) is 0.412. The molecule has 138 valence electrons. The van der Waals surface area contributed by atoms with Crippen molar-refractivity contribution in [2.75, 3.05) is 0 Å². The van der Waals surface area contributed by atoms with E-state index < -0.39 is 11.7 Å². The molecule has 1 aromatic carbocycles. The predicted molar refractivity (Wildman–Crippen MR) is 86.4 cm³/mol. The van der Waals surface area contributed by atoms with Crippen LogP contribution in [-0.2, 0) is 32.0 Å². The molecule has 0 amide bonds. The van der Waals surface area contributed by atoms with E-state index in [1.807, 2.05) is 13.8 Å². The fourth-order valence-electron chi connectivity index (χ4n) is 2.56. The van der Waals surface area contributed by atoms with Gasteiger partial charge in [0.2, 0.25) is 5.89 Å². The zero-order chi connectivity index (χ0) is 18.7. The third-order valence-electron chi connectivity index (χ3n) is 3.84. The van der Waals surface area contributed by atoms with Gasteiger partial charge in [0.25, 0.3) is 0 Å². The number of hydrogen-bond acceptors (Lipinski definition) is 5. The lowest BCUT2D eigenvalue weighted by Crippen LogP contribution is -2.07. The van der Waals surface area contributed by atoms with E-state index in [0.29, 0.717) is 17.3 Å². The van der Waals surface area contributed by atoms with Crippen LogP contribution in [0.1, 0.15) is 48.3 Å². The fourth-order valence-corrected chi connectivity index (χ4v) is 2.56. The van der Waals surface area contributed by atoms with E-state index in [-0.39, 0.29) is 13.0 Å². The van der Waals surface area contributed by atoms with Gasteiger partial charge in [-0.05, 0) is 11.6 Å². The summed E-state index contributed by atoms with van der Waals surface area (Å²) < 4.78 is 45.3. The number of alkyl halides is 3. The second-order valence-electron chi connectivity index (χ2n) is 5.79. The Morgan fingerprint density at radius 3 is 2.58 bits per heavy atom. The van der Waals surface area contributed by atoms with Crippen LogP contribution < -0.4 is 0 Å². The van der Waals surface area contributed by atoms with Crippen LogP contribution in [0.5, 0.6) is 0 Å². The second-order valence-corrected chi connectivity index (χ2v) is 5.79. The first-order chi connectivity index (χ1) is 12.4. The van der Waals surface area contributed by atoms with Crippen molar-refractivity contribution in [1.29, 1.82) is 0 Å². The highest BCUT2D eigenvalue weighted by atomic mass is 19.4. The summed E-state index contributed by atoms with van der Waals surface area (Å²) >= 11 is 0. The first-order valence-electron chi connectivity index (χ1n) is 8.29. The van der Waals surface area contributed by atoms with E-state index in [9.17, 15) is 13.2 Å². The van der Waals surface area contributed by atoms with Crippen LogP contribution in [0.2, 0.25) is 0 Å². The van der Waals surface area contributed by atoms with Gasteiger partial charge in [0.15, 0.2) is 11.6 Å². The summed E-state index contributed by atoms with van der Waals surface area (Å²) in [5, 5.41) is 8.23. The number of aryl methyl sites for hydroxylation is 2. The average molecular weight is 365 g/mol. The van der Waals surface area contributed by atoms with Crippen molar-refractivity contribution in [3.05, 3.63) is 58.8 Å². The Labute approximate surface area is 148 Å². The van der Waals surface area contributed by atoms with Gasteiger partial charge in [0, 0.05) is 19.3 Å². The van der Waals surface area contributed by atoms with Gasteiger partial charge in [-0.15, -0.1) is 0 Å². The molecule has 0 saturated heterocycles. The maximum absolute atomic E-state index is 12.8. The van der Waals surface area contributed by atoms with Crippen LogP contribution >= 0.6 is 0 Å². The molecule has 0 aliphatic carbocycles. The second kappa shape index (κ2) is 7.27. The Morgan fingerprint density at radius 2 is 1.88 bits per heavy atom. The molecule has 26 heavy (non-hydrogen) atoms. The van der Waals surface area contributed by atoms with Gasteiger partial charge in [-0.25, -0.2) is 9.67 Å². The third kappa shape index (κ3) is 4.09. The largest absolute Gasteiger partial charge is 0.416 e. The summed E-state index contributed by atoms with van der Waals surface area (Å²) in [6.07, 6.45) is -2.77. The maximum atomic E-state index is 12.8. The van der Waals surface area contributed by atoms with Crippen molar-refractivity contribution in [3.8, 4) is 0 Å². The SMILES string of the molecule is CCc1nc(CC)n(Cc2nc(Cc3cccc(C(F)(F)F)c3)no2)n1. The maximum Gasteiger partial charge on any atom is 0.416 e. The molecule has 0 unspecified atom stereocenters. The summed E-state index contributed by atoms with van der Waals surface area (Å²) in [6, 6.07) is 5.10. The lowest BCUT2D eigenvalue weighted by molar-refractivity contribution is -0.137. The number of nitrogens with zero attached hydrogens (tertiary/aromatic N) is 5. The normalized spacial score (nSPS) is 11.9. The summed E-state index contributed by atoms with van der Waals surface area (Å²) in [5.41, 5.74) is -0.225. The smallest absolute Gasteiger partial charge is 0.337 e. The highest BCUT2D eigenvalue weighted by Crippen LogP contribution is 2.29. The van der Waals surface area contributed by atoms with Crippen molar-refractivity contribution in [2.24, 2.45) is 0 Å². The minimum atomic E-state index is -4.38. The third-order valence-corrected chi connectivity index (χ3v) is 3.84. The number of hydrogen-bond donors (Lipinski definition) is 0. The molecule has 0 atom stereocenters. The molecular weight excluding hydrogens is 347 g/mol. The van der Waals surface area contributed by atoms with Crippen LogP contribution in [-0.4, -0.2) is 24.9 Å². The van der Waals surface area contributed by atoms with Gasteiger partial charge in [-0.2, -0.15) is 23.3 Å². The highest BCUT2D eigenvalue weighted by molar-refractivity contribution is 5.27. The van der Waals surface area contributed by atoms with Crippen LogP contribution in [0.3, 0.4) is 0 Å². The van der Waals surface area contributed by atoms with E-state index in [4.69, 9.17) is 4.52 Å². The summed E-state index contributed by atoms with van der Waals surface area (Å²) in [7, 11) is 0. The van der Waals surface area contributed by atoms with Crippen molar-refractivity contribution in [3.63, 3.8) is 0 Å². The Kier molecular flexibility index (Phi) is 5.06. The van der Waals surface area contributed by atoms with Gasteiger partial charge in [0.05, 0.1) is 5.56 Å². The van der Waals surface area contributed by atoms with Gasteiger partial charge in [-0.3, -0.25) is 0 Å². The van der Waals surface area contributed by atoms with Crippen LogP contribution in [0.15, 0.2) is 28.8 Å². The Morgan fingerprint density at radius 1 is 1.08 bits per heavy atom. The molecule has 3 rings (SSSR count). The van der Waals surface area contributed by atoms with E-state index in [1.54, 1.807) is 10.7 Å². The molecule has 0 aliphatic rings. The van der Waals surface area contributed by atoms with Crippen LogP contribution in [0.4, 0.5) is 13.2 Å². The van der Waals surface area contributed by atoms with E-state index in [0.717, 1.165) is 36.6 Å². The van der Waals surface area contributed by atoms with Gasteiger partial charge < -0.3 is 4.52 Å². The molecule has 0 N–H and O–H groups in total. The van der Waals surface area contributed by atoms with Crippen molar-refractivity contribution in [1.82, 2.24) is 24.9 Å². The Hall–Kier alpha value is -2.71. The molecule has 2 heterocycles. The van der Waals surface area contributed by atoms with Crippen molar-refractivity contribution < 1.29 is 17.7 Å². The quantitative estimate of drug-likeness (QED) is 0.669. The molecule has 9 heteroatoms. The number of rotatable bonds is 6. The first-order valence-corrected chi connectivity index (χ1v) is 8.29. The van der Waals surface area contributed by atoms with Gasteiger partial charge >= 0.3 is 6.18 Å². The van der Waals surface area contributed by atoms with Crippen LogP contribution in [0, 0.1) is 0 Å². The molecule has 6 nitrogen and oxygen atoms in total. The predicted octanol–water partition coefficient (Wildman–Crippen LogP) is 3.44. The lowest BCUT2D eigenvalue weighted by atomic mass is 10.1. The molecule has 0 spiro atoms. The van der Waals surface area contributed by atoms with E-state index in [2.05, 4.69) is 20.2 Å². The Bertz CT molecular complexity index is 885. The van der Waals surface area contributed by atoms with E-state index >= 15 is 0 Å². The zero-order valence-corrected chi connectivity index (χ0v) is 14.4. The number of aromatic nitrogens is 5. The zero-order valence-electron chi connectivity index (χ0n) is 14.4. The molecule has 0 aliphatic heterocycles. The molecule has 0 fully saturated rings. The molecule has 2 aromatic heterocycles. The molecule has 0 bridgehead atoms. The summed E-state index contributed by atoms with van der Waals surface area (Å²) in [4.78, 5) is 8.66. The summed E-state index contributed by atoms with van der Waals surface area (Å²) in [5.74, 6) is 2.23. The molecular formula is C17H18F3N5O. The topological polar surface area (TPSA) is 69.6 Å². The first kappa shape index (κ1) is 18.1. The minimum Gasteiger partial charge on any atom is -0.337 e. The van der Waals surface area contributed by atoms with Gasteiger partial charge in [0.1, 0.15) is 12.4 Å². The standard InChI is InChI=1S/C17H18F3N5O/c1-3-13-21-15(4-2)25(23-13)10-16-22-14(24-26-16)9-11-6-5-7-12(8-11)17(18,19)20/h5-8H,3-4,9-10H2,1-2H3. The van der Waals surface area contributed by atoms with Gasteiger partial charge in [-0.1, -0.05) is 37.2 Å². The number of benzene rings is 1. The summed E-state index contributed by atoms with van der Waals surface area (Å²) in [6.45, 7) is 4.23. The van der Waals surface area contributed by atoms with E-state index in [1.165, 1.54) is 6.07 Å². The van der Waals surface area contributed by atoms with Crippen LogP contribution in [0.25, 0.3) is 0 Å². The van der Waals surface area contributed by atoms with Crippen molar-refractivity contribution in [2.45, 2.75) is 45.8 Å². The minimum absolute atomic E-state index is 0.158. The highest BCUT2D eigenvalue weighted by Gasteiger charge is 2.30. The molecule has 0 saturated carbocycles.